The number of hydrogen-bond donors (Lipinski definition) is 1. The Morgan fingerprint density at radius 3 is 1.63 bits per heavy atom. The van der Waals surface area contributed by atoms with Crippen LogP contribution in [0.15, 0.2) is 0 Å². The molecule has 0 amide bonds. The number of rotatable bonds is 14. The van der Waals surface area contributed by atoms with Gasteiger partial charge in [-0.3, -0.25) is 0 Å². The maximum atomic E-state index is 10.1. The number of hydrogen-bond acceptors (Lipinski definition) is 1. The molecule has 0 aromatic carbocycles. The molecule has 0 aromatic rings. The molecule has 0 aromatic heterocycles. The molecule has 0 rings (SSSR count). The first-order chi connectivity index (χ1) is 9.22. The maximum absolute atomic E-state index is 10.1. The molecule has 0 radical (unpaired) electrons. The summed E-state index contributed by atoms with van der Waals surface area (Å²) < 4.78 is 0. The molecule has 0 aliphatic carbocycles. The van der Waals surface area contributed by atoms with E-state index in [0.29, 0.717) is 5.92 Å². The molecule has 0 aliphatic heterocycles. The van der Waals surface area contributed by atoms with Gasteiger partial charge in [-0.25, -0.2) is 0 Å². The highest BCUT2D eigenvalue weighted by Gasteiger charge is 2.12. The van der Waals surface area contributed by atoms with E-state index in [-0.39, 0.29) is 6.10 Å². The van der Waals surface area contributed by atoms with Crippen molar-refractivity contribution < 1.29 is 5.11 Å². The van der Waals surface area contributed by atoms with Gasteiger partial charge in [-0.05, 0) is 18.8 Å². The van der Waals surface area contributed by atoms with E-state index in [2.05, 4.69) is 20.8 Å². The summed E-state index contributed by atoms with van der Waals surface area (Å²) in [4.78, 5) is 0. The highest BCUT2D eigenvalue weighted by atomic mass is 16.3. The van der Waals surface area contributed by atoms with Crippen molar-refractivity contribution >= 4 is 0 Å². The fraction of sp³-hybridized carbons (Fsp3) is 1.00. The van der Waals surface area contributed by atoms with E-state index < -0.39 is 0 Å². The van der Waals surface area contributed by atoms with E-state index in [0.717, 1.165) is 6.42 Å². The van der Waals surface area contributed by atoms with Crippen molar-refractivity contribution in [1.82, 2.24) is 0 Å². The molecule has 0 heterocycles. The van der Waals surface area contributed by atoms with Crippen LogP contribution in [0.2, 0.25) is 0 Å². The zero-order valence-corrected chi connectivity index (χ0v) is 13.8. The van der Waals surface area contributed by atoms with Crippen LogP contribution in [0, 0.1) is 5.92 Å². The van der Waals surface area contributed by atoms with Crippen LogP contribution in [0.4, 0.5) is 0 Å². The van der Waals surface area contributed by atoms with Crippen LogP contribution in [0.25, 0.3) is 0 Å². The molecular weight excluding hydrogens is 232 g/mol. The summed E-state index contributed by atoms with van der Waals surface area (Å²) in [7, 11) is 0. The first kappa shape index (κ1) is 19.0. The molecule has 116 valence electrons. The minimum absolute atomic E-state index is 0.0584. The maximum Gasteiger partial charge on any atom is 0.0565 e. The van der Waals surface area contributed by atoms with Gasteiger partial charge in [0.2, 0.25) is 0 Å². The Morgan fingerprint density at radius 2 is 1.05 bits per heavy atom. The first-order valence-electron chi connectivity index (χ1n) is 8.90. The fourth-order valence-electron chi connectivity index (χ4n) is 2.68. The summed E-state index contributed by atoms with van der Waals surface area (Å²) >= 11 is 0. The highest BCUT2D eigenvalue weighted by Crippen LogP contribution is 2.18. The average Bonchev–Trinajstić information content (AvgIpc) is 2.41. The van der Waals surface area contributed by atoms with Crippen LogP contribution < -0.4 is 0 Å². The number of aliphatic hydroxyl groups is 1. The van der Waals surface area contributed by atoms with Crippen molar-refractivity contribution in [3.63, 3.8) is 0 Å². The monoisotopic (exact) mass is 270 g/mol. The molecule has 0 fully saturated rings. The third-order valence-corrected chi connectivity index (χ3v) is 4.27. The summed E-state index contributed by atoms with van der Waals surface area (Å²) in [6.45, 7) is 6.72. The molecule has 1 nitrogen and oxygen atoms in total. The molecular formula is C18H38O. The molecule has 1 N–H and O–H groups in total. The summed E-state index contributed by atoms with van der Waals surface area (Å²) in [5, 5.41) is 10.1. The van der Waals surface area contributed by atoms with Gasteiger partial charge in [-0.1, -0.05) is 91.4 Å². The number of aliphatic hydroxyl groups excluding tert-OH is 1. The lowest BCUT2D eigenvalue weighted by atomic mass is 9.93. The Bertz CT molecular complexity index is 167. The second-order valence-electron chi connectivity index (χ2n) is 6.30. The lowest BCUT2D eigenvalue weighted by molar-refractivity contribution is 0.0985. The molecule has 0 aliphatic rings. The predicted octanol–water partition coefficient (Wildman–Crippen LogP) is 6.09. The quantitative estimate of drug-likeness (QED) is 0.378. The standard InChI is InChI=1S/C18H38O/c1-4-6-8-9-10-11-12-14-16-18(19)17(3)15-13-7-5-2/h17-19H,4-16H2,1-3H3. The van der Waals surface area contributed by atoms with Crippen LogP contribution >= 0.6 is 0 Å². The van der Waals surface area contributed by atoms with Crippen molar-refractivity contribution in [3.8, 4) is 0 Å². The fourth-order valence-corrected chi connectivity index (χ4v) is 2.68. The van der Waals surface area contributed by atoms with Crippen LogP contribution in [0.1, 0.15) is 104 Å². The van der Waals surface area contributed by atoms with Crippen LogP contribution in [-0.2, 0) is 0 Å². The van der Waals surface area contributed by atoms with Gasteiger partial charge < -0.3 is 5.11 Å². The topological polar surface area (TPSA) is 20.2 Å². The Hall–Kier alpha value is -0.0400. The van der Waals surface area contributed by atoms with E-state index in [4.69, 9.17) is 0 Å². The molecule has 0 bridgehead atoms. The smallest absolute Gasteiger partial charge is 0.0565 e. The normalized spacial score (nSPS) is 14.5. The molecule has 19 heavy (non-hydrogen) atoms. The minimum atomic E-state index is -0.0584. The second kappa shape index (κ2) is 14.4. The second-order valence-corrected chi connectivity index (χ2v) is 6.30. The van der Waals surface area contributed by atoms with E-state index in [1.807, 2.05) is 0 Å². The third kappa shape index (κ3) is 12.7. The average molecular weight is 271 g/mol. The molecule has 0 saturated heterocycles. The Morgan fingerprint density at radius 1 is 0.632 bits per heavy atom. The van der Waals surface area contributed by atoms with Gasteiger partial charge in [0.05, 0.1) is 6.10 Å². The van der Waals surface area contributed by atoms with Gasteiger partial charge in [0.15, 0.2) is 0 Å². The summed E-state index contributed by atoms with van der Waals surface area (Å²) in [6, 6.07) is 0. The van der Waals surface area contributed by atoms with Crippen molar-refractivity contribution in [3.05, 3.63) is 0 Å². The van der Waals surface area contributed by atoms with E-state index in [9.17, 15) is 5.11 Å². The van der Waals surface area contributed by atoms with Crippen LogP contribution in [0.5, 0.6) is 0 Å². The summed E-state index contributed by atoms with van der Waals surface area (Å²) in [5.74, 6) is 0.496. The van der Waals surface area contributed by atoms with Gasteiger partial charge in [-0.15, -0.1) is 0 Å². The zero-order valence-electron chi connectivity index (χ0n) is 13.8. The molecule has 2 unspecified atom stereocenters. The van der Waals surface area contributed by atoms with Gasteiger partial charge in [0, 0.05) is 0 Å². The summed E-state index contributed by atoms with van der Waals surface area (Å²) in [6.07, 6.45) is 16.9. The van der Waals surface area contributed by atoms with E-state index in [1.54, 1.807) is 0 Å². The largest absolute Gasteiger partial charge is 0.393 e. The lowest BCUT2D eigenvalue weighted by Gasteiger charge is -2.18. The van der Waals surface area contributed by atoms with Crippen molar-refractivity contribution in [2.45, 2.75) is 110 Å². The van der Waals surface area contributed by atoms with Crippen molar-refractivity contribution in [2.75, 3.05) is 0 Å². The zero-order chi connectivity index (χ0) is 14.3. The Kier molecular flexibility index (Phi) is 14.3. The molecule has 1 heteroatoms. The van der Waals surface area contributed by atoms with Crippen molar-refractivity contribution in [1.29, 1.82) is 0 Å². The van der Waals surface area contributed by atoms with E-state index in [1.165, 1.54) is 77.0 Å². The van der Waals surface area contributed by atoms with Gasteiger partial charge in [0.25, 0.3) is 0 Å². The molecule has 2 atom stereocenters. The molecule has 0 spiro atoms. The Labute approximate surface area is 122 Å². The minimum Gasteiger partial charge on any atom is -0.393 e. The van der Waals surface area contributed by atoms with Gasteiger partial charge in [0.1, 0.15) is 0 Å². The van der Waals surface area contributed by atoms with E-state index >= 15 is 0 Å². The number of unbranched alkanes of at least 4 members (excludes halogenated alkanes) is 9. The predicted molar refractivity (Wildman–Crippen MR) is 86.5 cm³/mol. The highest BCUT2D eigenvalue weighted by molar-refractivity contribution is 4.65. The first-order valence-corrected chi connectivity index (χ1v) is 8.90. The van der Waals surface area contributed by atoms with Crippen LogP contribution in [0.3, 0.4) is 0 Å². The van der Waals surface area contributed by atoms with Gasteiger partial charge in [-0.2, -0.15) is 0 Å². The lowest BCUT2D eigenvalue weighted by Crippen LogP contribution is -2.17. The van der Waals surface area contributed by atoms with Crippen LogP contribution in [-0.4, -0.2) is 11.2 Å². The van der Waals surface area contributed by atoms with Gasteiger partial charge >= 0.3 is 0 Å². The Balaban J connectivity index is 3.29. The third-order valence-electron chi connectivity index (χ3n) is 4.27. The summed E-state index contributed by atoms with van der Waals surface area (Å²) in [5.41, 5.74) is 0. The molecule has 0 saturated carbocycles. The van der Waals surface area contributed by atoms with Crippen molar-refractivity contribution in [2.24, 2.45) is 5.92 Å². The SMILES string of the molecule is CCCCCCCCCCC(O)C(C)CCCCC.